The number of H-pyrrole nitrogens is 1. The highest BCUT2D eigenvalue weighted by Crippen LogP contribution is 2.20. The highest BCUT2D eigenvalue weighted by atomic mass is 35.5. The van der Waals surface area contributed by atoms with Crippen molar-refractivity contribution >= 4 is 23.9 Å². The van der Waals surface area contributed by atoms with Gasteiger partial charge in [0.15, 0.2) is 0 Å². The van der Waals surface area contributed by atoms with Crippen molar-refractivity contribution < 1.29 is 5.11 Å². The summed E-state index contributed by atoms with van der Waals surface area (Å²) in [5.41, 5.74) is -0.258. The van der Waals surface area contributed by atoms with Gasteiger partial charge < -0.3 is 5.11 Å². The maximum Gasteiger partial charge on any atom is 0.331 e. The number of aromatic amines is 1. The second-order valence-electron chi connectivity index (χ2n) is 4.88. The van der Waals surface area contributed by atoms with Gasteiger partial charge in [0.2, 0.25) is 5.88 Å². The molecule has 0 amide bonds. The molecule has 2 N–H and O–H groups in total. The van der Waals surface area contributed by atoms with Crippen LogP contribution >= 0.6 is 11.6 Å². The highest BCUT2D eigenvalue weighted by molar-refractivity contribution is 6.31. The van der Waals surface area contributed by atoms with Gasteiger partial charge in [-0.3, -0.25) is 19.3 Å². The third kappa shape index (κ3) is 3.02. The van der Waals surface area contributed by atoms with Gasteiger partial charge in [-0.25, -0.2) is 4.79 Å². The van der Waals surface area contributed by atoms with Crippen LogP contribution in [0, 0.1) is 0 Å². The van der Waals surface area contributed by atoms with E-state index in [4.69, 9.17) is 11.6 Å². The van der Waals surface area contributed by atoms with E-state index in [9.17, 15) is 14.7 Å². The molecule has 0 bridgehead atoms. The van der Waals surface area contributed by atoms with Gasteiger partial charge in [-0.15, -0.1) is 0 Å². The topological polar surface area (TPSA) is 87.5 Å². The van der Waals surface area contributed by atoms with Crippen LogP contribution in [0.5, 0.6) is 5.88 Å². The predicted molar refractivity (Wildman–Crippen MR) is 89.2 cm³/mol. The molecule has 0 aliphatic carbocycles. The summed E-state index contributed by atoms with van der Waals surface area (Å²) in [4.78, 5) is 30.2. The van der Waals surface area contributed by atoms with Crippen molar-refractivity contribution in [1.82, 2.24) is 9.55 Å². The Morgan fingerprint density at radius 3 is 2.78 bits per heavy atom. The third-order valence-electron chi connectivity index (χ3n) is 3.36. The summed E-state index contributed by atoms with van der Waals surface area (Å²) in [6.07, 6.45) is 6.37. The zero-order chi connectivity index (χ0) is 16.4. The molecule has 0 radical (unpaired) electrons. The van der Waals surface area contributed by atoms with Gasteiger partial charge in [0.25, 0.3) is 5.56 Å². The van der Waals surface area contributed by atoms with Crippen LogP contribution in [0.4, 0.5) is 0 Å². The third-order valence-corrected chi connectivity index (χ3v) is 3.73. The Balaban J connectivity index is 2.11. The number of hydrogen-bond donors (Lipinski definition) is 2. The normalized spacial score (nSPS) is 14.7. The van der Waals surface area contributed by atoms with Crippen LogP contribution < -0.4 is 11.2 Å². The van der Waals surface area contributed by atoms with E-state index >= 15 is 0 Å². The molecule has 1 aliphatic heterocycles. The Hall–Kier alpha value is -2.86. The van der Waals surface area contributed by atoms with Crippen LogP contribution in [0.1, 0.15) is 11.1 Å². The molecule has 0 fully saturated rings. The number of rotatable bonds is 3. The monoisotopic (exact) mass is 329 g/mol. The standard InChI is InChI=1S/C16H12ClN3O3/c17-13-6-2-1-4-10(13)9-20-15(22)12(14(21)19-16(20)23)8-11-5-3-7-18-11/h1-8,22H,9H2,(H,19,21,23)/b11-8+. The van der Waals surface area contributed by atoms with Crippen molar-refractivity contribution in [2.75, 3.05) is 0 Å². The Labute approximate surface area is 135 Å². The van der Waals surface area contributed by atoms with E-state index in [2.05, 4.69) is 9.98 Å². The van der Waals surface area contributed by atoms with Crippen LogP contribution in [0.25, 0.3) is 6.08 Å². The summed E-state index contributed by atoms with van der Waals surface area (Å²) in [5.74, 6) is -0.429. The van der Waals surface area contributed by atoms with Gasteiger partial charge >= 0.3 is 5.69 Å². The van der Waals surface area contributed by atoms with Gasteiger partial charge in [-0.1, -0.05) is 29.8 Å². The molecule has 1 aliphatic rings. The number of nitrogens with zero attached hydrogens (tertiary/aromatic N) is 2. The smallest absolute Gasteiger partial charge is 0.331 e. The molecule has 0 atom stereocenters. The SMILES string of the molecule is O=c1[nH]c(=O)n(Cc2ccccc2Cl)c(O)c1/C=C1\C=CC=N1. The summed E-state index contributed by atoms with van der Waals surface area (Å²) in [6.45, 7) is 0.0381. The first-order valence-electron chi connectivity index (χ1n) is 6.78. The average Bonchev–Trinajstić information content (AvgIpc) is 3.03. The first-order chi connectivity index (χ1) is 11.1. The van der Waals surface area contributed by atoms with E-state index in [-0.39, 0.29) is 12.1 Å². The number of nitrogens with one attached hydrogen (secondary N) is 1. The highest BCUT2D eigenvalue weighted by Gasteiger charge is 2.14. The summed E-state index contributed by atoms with van der Waals surface area (Å²) < 4.78 is 1.05. The number of aliphatic imine (C=N–C) groups is 1. The first kappa shape index (κ1) is 15.1. The second-order valence-corrected chi connectivity index (χ2v) is 5.29. The summed E-state index contributed by atoms with van der Waals surface area (Å²) in [6, 6.07) is 6.96. The predicted octanol–water partition coefficient (Wildman–Crippen LogP) is 1.93. The molecule has 0 saturated carbocycles. The van der Waals surface area contributed by atoms with Gasteiger partial charge in [0.05, 0.1) is 12.2 Å². The Bertz CT molecular complexity index is 953. The van der Waals surface area contributed by atoms with Gasteiger partial charge in [0, 0.05) is 11.2 Å². The molecule has 3 rings (SSSR count). The summed E-state index contributed by atoms with van der Waals surface area (Å²) >= 11 is 6.08. The Morgan fingerprint density at radius 2 is 2.09 bits per heavy atom. The number of allylic oxidation sites excluding steroid dienone is 2. The fourth-order valence-corrected chi connectivity index (χ4v) is 2.39. The molecule has 1 aromatic carbocycles. The molecule has 2 aromatic rings. The van der Waals surface area contributed by atoms with Crippen molar-refractivity contribution in [3.05, 3.63) is 79.1 Å². The van der Waals surface area contributed by atoms with E-state index < -0.39 is 17.1 Å². The fraction of sp³-hybridized carbons (Fsp3) is 0.0625. The minimum atomic E-state index is -0.708. The van der Waals surface area contributed by atoms with Gasteiger partial charge in [0.1, 0.15) is 5.56 Å². The molecule has 0 unspecified atom stereocenters. The number of benzene rings is 1. The first-order valence-corrected chi connectivity index (χ1v) is 7.16. The largest absolute Gasteiger partial charge is 0.494 e. The van der Waals surface area contributed by atoms with E-state index in [0.717, 1.165) is 4.57 Å². The number of halogens is 1. The zero-order valence-electron chi connectivity index (χ0n) is 11.9. The molecule has 7 heteroatoms. The number of aromatic nitrogens is 2. The lowest BCUT2D eigenvalue weighted by molar-refractivity contribution is 0.408. The molecule has 116 valence electrons. The lowest BCUT2D eigenvalue weighted by Gasteiger charge is -2.11. The Kier molecular flexibility index (Phi) is 3.99. The molecule has 6 nitrogen and oxygen atoms in total. The van der Waals surface area contributed by atoms with Gasteiger partial charge in [-0.2, -0.15) is 0 Å². The average molecular weight is 330 g/mol. The van der Waals surface area contributed by atoms with Crippen LogP contribution in [-0.4, -0.2) is 20.9 Å². The van der Waals surface area contributed by atoms with Crippen LogP contribution in [0.15, 0.2) is 56.7 Å². The molecule has 23 heavy (non-hydrogen) atoms. The number of aromatic hydroxyl groups is 1. The maximum atomic E-state index is 12.0. The van der Waals surface area contributed by atoms with Gasteiger partial charge in [-0.05, 0) is 29.9 Å². The van der Waals surface area contributed by atoms with E-state index in [1.807, 2.05) is 0 Å². The van der Waals surface area contributed by atoms with E-state index in [1.54, 1.807) is 42.6 Å². The molecule has 0 saturated heterocycles. The van der Waals surface area contributed by atoms with Crippen molar-refractivity contribution in [1.29, 1.82) is 0 Å². The van der Waals surface area contributed by atoms with Crippen LogP contribution in [0.3, 0.4) is 0 Å². The summed E-state index contributed by atoms with van der Waals surface area (Å²) in [7, 11) is 0. The minimum absolute atomic E-state index is 0.0321. The van der Waals surface area contributed by atoms with Crippen molar-refractivity contribution in [2.24, 2.45) is 4.99 Å². The lowest BCUT2D eigenvalue weighted by atomic mass is 10.2. The zero-order valence-corrected chi connectivity index (χ0v) is 12.6. The molecular formula is C16H12ClN3O3. The molecule has 1 aromatic heterocycles. The number of hydrogen-bond acceptors (Lipinski definition) is 4. The van der Waals surface area contributed by atoms with E-state index in [0.29, 0.717) is 16.3 Å². The maximum absolute atomic E-state index is 12.0. The van der Waals surface area contributed by atoms with Crippen LogP contribution in [-0.2, 0) is 6.54 Å². The Morgan fingerprint density at radius 1 is 1.30 bits per heavy atom. The summed E-state index contributed by atoms with van der Waals surface area (Å²) in [5, 5.41) is 10.8. The lowest BCUT2D eigenvalue weighted by Crippen LogP contribution is -2.31. The van der Waals surface area contributed by atoms with E-state index in [1.165, 1.54) is 6.08 Å². The molecule has 2 heterocycles. The van der Waals surface area contributed by atoms with Crippen molar-refractivity contribution in [2.45, 2.75) is 6.54 Å². The van der Waals surface area contributed by atoms with Crippen molar-refractivity contribution in [3.8, 4) is 5.88 Å². The molecular weight excluding hydrogens is 318 g/mol. The van der Waals surface area contributed by atoms with Crippen molar-refractivity contribution in [3.63, 3.8) is 0 Å². The quantitative estimate of drug-likeness (QED) is 0.902. The molecule has 0 spiro atoms. The van der Waals surface area contributed by atoms with Crippen LogP contribution in [0.2, 0.25) is 5.02 Å². The second kappa shape index (κ2) is 6.10. The fourth-order valence-electron chi connectivity index (χ4n) is 2.20. The minimum Gasteiger partial charge on any atom is -0.494 e.